The van der Waals surface area contributed by atoms with Gasteiger partial charge in [0.1, 0.15) is 0 Å². The SMILES string of the molecule is CC(=O)c1ccc(/C=C\C(N)=O)cc1. The molecule has 2 N–H and O–H groups in total. The van der Waals surface area contributed by atoms with E-state index in [0.717, 1.165) is 5.56 Å². The Hall–Kier alpha value is -1.90. The number of hydrogen-bond acceptors (Lipinski definition) is 2. The second-order valence-electron chi connectivity index (χ2n) is 2.91. The van der Waals surface area contributed by atoms with Gasteiger partial charge in [0, 0.05) is 11.6 Å². The zero-order valence-corrected chi connectivity index (χ0v) is 7.86. The molecule has 0 bridgehead atoms. The lowest BCUT2D eigenvalue weighted by molar-refractivity contribution is -0.113. The smallest absolute Gasteiger partial charge is 0.241 e. The molecule has 0 aromatic heterocycles. The van der Waals surface area contributed by atoms with Crippen LogP contribution in [-0.4, -0.2) is 11.7 Å². The van der Waals surface area contributed by atoms with Gasteiger partial charge >= 0.3 is 0 Å². The van der Waals surface area contributed by atoms with Crippen LogP contribution in [0.25, 0.3) is 6.08 Å². The summed E-state index contributed by atoms with van der Waals surface area (Å²) in [5.41, 5.74) is 6.43. The molecule has 3 heteroatoms. The average molecular weight is 189 g/mol. The van der Waals surface area contributed by atoms with Gasteiger partial charge in [-0.2, -0.15) is 0 Å². The Kier molecular flexibility index (Phi) is 3.18. The lowest BCUT2D eigenvalue weighted by Crippen LogP contribution is -2.05. The first kappa shape index (κ1) is 10.2. The van der Waals surface area contributed by atoms with E-state index in [2.05, 4.69) is 0 Å². The number of Topliss-reactive ketones (excluding diaryl/α,β-unsaturated/α-hetero) is 1. The van der Waals surface area contributed by atoms with Gasteiger partial charge in [-0.05, 0) is 18.6 Å². The molecule has 3 nitrogen and oxygen atoms in total. The fourth-order valence-corrected chi connectivity index (χ4v) is 1.01. The molecule has 1 aromatic rings. The van der Waals surface area contributed by atoms with Crippen LogP contribution in [0.5, 0.6) is 0 Å². The van der Waals surface area contributed by atoms with Gasteiger partial charge in [-0.1, -0.05) is 24.3 Å². The minimum atomic E-state index is -0.486. The van der Waals surface area contributed by atoms with Crippen molar-refractivity contribution in [2.75, 3.05) is 0 Å². The van der Waals surface area contributed by atoms with Gasteiger partial charge in [-0.15, -0.1) is 0 Å². The molecule has 0 aliphatic rings. The molecule has 1 rings (SSSR count). The molecule has 0 heterocycles. The second-order valence-corrected chi connectivity index (χ2v) is 2.91. The molecule has 0 aliphatic carbocycles. The van der Waals surface area contributed by atoms with Crippen LogP contribution in [0.15, 0.2) is 30.3 Å². The summed E-state index contributed by atoms with van der Waals surface area (Å²) >= 11 is 0. The van der Waals surface area contributed by atoms with Gasteiger partial charge in [0.2, 0.25) is 5.91 Å². The number of primary amides is 1. The minimum Gasteiger partial charge on any atom is -0.366 e. The third kappa shape index (κ3) is 2.86. The molecular formula is C11H11NO2. The van der Waals surface area contributed by atoms with E-state index in [9.17, 15) is 9.59 Å². The number of nitrogens with two attached hydrogens (primary N) is 1. The highest BCUT2D eigenvalue weighted by molar-refractivity contribution is 5.94. The molecule has 0 radical (unpaired) electrons. The van der Waals surface area contributed by atoms with Crippen LogP contribution in [-0.2, 0) is 4.79 Å². The Morgan fingerprint density at radius 3 is 2.21 bits per heavy atom. The summed E-state index contributed by atoms with van der Waals surface area (Å²) in [4.78, 5) is 21.4. The lowest BCUT2D eigenvalue weighted by Gasteiger charge is -1.95. The summed E-state index contributed by atoms with van der Waals surface area (Å²) in [5.74, 6) is -0.462. The molecule has 0 fully saturated rings. The summed E-state index contributed by atoms with van der Waals surface area (Å²) in [5, 5.41) is 0. The summed E-state index contributed by atoms with van der Waals surface area (Å²) in [7, 11) is 0. The fourth-order valence-electron chi connectivity index (χ4n) is 1.01. The lowest BCUT2D eigenvalue weighted by atomic mass is 10.1. The number of rotatable bonds is 3. The first-order valence-electron chi connectivity index (χ1n) is 4.18. The van der Waals surface area contributed by atoms with Crippen LogP contribution < -0.4 is 5.73 Å². The van der Waals surface area contributed by atoms with Crippen molar-refractivity contribution in [3.8, 4) is 0 Å². The van der Waals surface area contributed by atoms with Gasteiger partial charge < -0.3 is 5.73 Å². The zero-order valence-electron chi connectivity index (χ0n) is 7.86. The number of carbonyl (C=O) groups is 2. The standard InChI is InChI=1S/C11H11NO2/c1-8(13)10-5-2-9(3-6-10)4-7-11(12)14/h2-7H,1H3,(H2,12,14)/b7-4-. The van der Waals surface area contributed by atoms with Crippen molar-refractivity contribution >= 4 is 17.8 Å². The molecule has 0 saturated carbocycles. The van der Waals surface area contributed by atoms with Crippen molar-refractivity contribution in [3.05, 3.63) is 41.5 Å². The van der Waals surface area contributed by atoms with E-state index >= 15 is 0 Å². The molecule has 0 aliphatic heterocycles. The van der Waals surface area contributed by atoms with E-state index in [1.54, 1.807) is 30.3 Å². The van der Waals surface area contributed by atoms with Crippen LogP contribution in [0.3, 0.4) is 0 Å². The quantitative estimate of drug-likeness (QED) is 0.577. The summed E-state index contributed by atoms with van der Waals surface area (Å²) in [6.45, 7) is 1.51. The predicted molar refractivity (Wildman–Crippen MR) is 54.7 cm³/mol. The highest BCUT2D eigenvalue weighted by Gasteiger charge is 1.96. The van der Waals surface area contributed by atoms with Crippen LogP contribution in [0.4, 0.5) is 0 Å². The van der Waals surface area contributed by atoms with E-state index < -0.39 is 5.91 Å². The molecule has 1 aromatic carbocycles. The summed E-state index contributed by atoms with van der Waals surface area (Å²) in [6, 6.07) is 6.94. The predicted octanol–water partition coefficient (Wildman–Crippen LogP) is 1.39. The molecule has 0 saturated heterocycles. The van der Waals surface area contributed by atoms with E-state index in [1.807, 2.05) is 0 Å². The maximum atomic E-state index is 10.9. The average Bonchev–Trinajstić information content (AvgIpc) is 2.15. The van der Waals surface area contributed by atoms with Gasteiger partial charge in [-0.3, -0.25) is 9.59 Å². The van der Waals surface area contributed by atoms with Crippen molar-refractivity contribution in [2.24, 2.45) is 5.73 Å². The Balaban J connectivity index is 2.83. The van der Waals surface area contributed by atoms with Crippen molar-refractivity contribution in [1.82, 2.24) is 0 Å². The first-order valence-corrected chi connectivity index (χ1v) is 4.18. The van der Waals surface area contributed by atoms with Gasteiger partial charge in [0.25, 0.3) is 0 Å². The van der Waals surface area contributed by atoms with Crippen molar-refractivity contribution < 1.29 is 9.59 Å². The van der Waals surface area contributed by atoms with Crippen molar-refractivity contribution in [3.63, 3.8) is 0 Å². The fraction of sp³-hybridized carbons (Fsp3) is 0.0909. The van der Waals surface area contributed by atoms with Gasteiger partial charge in [-0.25, -0.2) is 0 Å². The molecule has 72 valence electrons. The Bertz CT molecular complexity index is 377. The maximum Gasteiger partial charge on any atom is 0.241 e. The van der Waals surface area contributed by atoms with Crippen LogP contribution in [0.1, 0.15) is 22.8 Å². The topological polar surface area (TPSA) is 60.2 Å². The molecule has 14 heavy (non-hydrogen) atoms. The normalized spacial score (nSPS) is 10.4. The number of benzene rings is 1. The molecule has 0 spiro atoms. The van der Waals surface area contributed by atoms with Crippen molar-refractivity contribution in [2.45, 2.75) is 6.92 Å². The Morgan fingerprint density at radius 1 is 1.21 bits per heavy atom. The molecule has 1 amide bonds. The largest absolute Gasteiger partial charge is 0.366 e. The highest BCUT2D eigenvalue weighted by Crippen LogP contribution is 2.06. The number of amides is 1. The molecule has 0 atom stereocenters. The van der Waals surface area contributed by atoms with Gasteiger partial charge in [0.15, 0.2) is 5.78 Å². The second kappa shape index (κ2) is 4.37. The zero-order chi connectivity index (χ0) is 10.6. The van der Waals surface area contributed by atoms with E-state index in [1.165, 1.54) is 13.0 Å². The minimum absolute atomic E-state index is 0.0235. The van der Waals surface area contributed by atoms with E-state index in [-0.39, 0.29) is 5.78 Å². The first-order chi connectivity index (χ1) is 6.59. The number of hydrogen-bond donors (Lipinski definition) is 1. The maximum absolute atomic E-state index is 10.9. The van der Waals surface area contributed by atoms with E-state index in [0.29, 0.717) is 5.56 Å². The van der Waals surface area contributed by atoms with Crippen LogP contribution in [0.2, 0.25) is 0 Å². The van der Waals surface area contributed by atoms with Crippen LogP contribution in [0, 0.1) is 0 Å². The third-order valence-corrected chi connectivity index (χ3v) is 1.76. The third-order valence-electron chi connectivity index (χ3n) is 1.76. The highest BCUT2D eigenvalue weighted by atomic mass is 16.1. The summed E-state index contributed by atoms with van der Waals surface area (Å²) in [6.07, 6.45) is 2.88. The van der Waals surface area contributed by atoms with Crippen LogP contribution >= 0.6 is 0 Å². The number of carbonyl (C=O) groups excluding carboxylic acids is 2. The summed E-state index contributed by atoms with van der Waals surface area (Å²) < 4.78 is 0. The number of ketones is 1. The molecular weight excluding hydrogens is 178 g/mol. The van der Waals surface area contributed by atoms with E-state index in [4.69, 9.17) is 5.73 Å². The van der Waals surface area contributed by atoms with Gasteiger partial charge in [0.05, 0.1) is 0 Å². The Labute approximate surface area is 82.2 Å². The monoisotopic (exact) mass is 189 g/mol. The van der Waals surface area contributed by atoms with Crippen molar-refractivity contribution in [1.29, 1.82) is 0 Å². The Morgan fingerprint density at radius 2 is 1.79 bits per heavy atom. The molecule has 0 unspecified atom stereocenters.